The van der Waals surface area contributed by atoms with Crippen LogP contribution in [0.1, 0.15) is 73.2 Å². The van der Waals surface area contributed by atoms with Crippen LogP contribution in [-0.2, 0) is 0 Å². The first kappa shape index (κ1) is 17.4. The number of benzene rings is 1. The molecule has 5 aliphatic rings. The number of halogens is 2. The molecule has 146 valence electrons. The average molecular weight is 375 g/mol. The van der Waals surface area contributed by atoms with Crippen molar-refractivity contribution in [1.82, 2.24) is 0 Å². The van der Waals surface area contributed by atoms with Crippen LogP contribution in [0.15, 0.2) is 12.1 Å². The van der Waals surface area contributed by atoms with Crippen molar-refractivity contribution >= 4 is 5.91 Å². The first-order valence-electron chi connectivity index (χ1n) is 10.2. The molecular formula is C22H27F2NO2. The normalized spacial score (nSPS) is 36.8. The molecule has 0 radical (unpaired) electrons. The monoisotopic (exact) mass is 375 g/mol. The predicted molar refractivity (Wildman–Crippen MR) is 97.9 cm³/mol. The van der Waals surface area contributed by atoms with E-state index in [9.17, 15) is 13.6 Å². The largest absolute Gasteiger partial charge is 0.493 e. The second-order valence-corrected chi connectivity index (χ2v) is 9.89. The van der Waals surface area contributed by atoms with E-state index in [1.807, 2.05) is 0 Å². The molecule has 0 spiro atoms. The molecule has 6 rings (SSSR count). The minimum absolute atomic E-state index is 0.0236. The fourth-order valence-electron chi connectivity index (χ4n) is 6.80. The van der Waals surface area contributed by atoms with Gasteiger partial charge in [-0.25, -0.2) is 4.39 Å². The molecule has 1 aromatic rings. The van der Waals surface area contributed by atoms with Crippen molar-refractivity contribution in [2.45, 2.75) is 57.3 Å². The van der Waals surface area contributed by atoms with Crippen LogP contribution < -0.4 is 10.5 Å². The van der Waals surface area contributed by atoms with E-state index in [1.54, 1.807) is 6.07 Å². The Morgan fingerprint density at radius 1 is 1.15 bits per heavy atom. The van der Waals surface area contributed by atoms with Gasteiger partial charge in [-0.1, -0.05) is 0 Å². The Balaban J connectivity index is 1.40. The minimum atomic E-state index is -0.744. The summed E-state index contributed by atoms with van der Waals surface area (Å²) in [6, 6.07) is 2.91. The Morgan fingerprint density at radius 2 is 1.81 bits per heavy atom. The summed E-state index contributed by atoms with van der Waals surface area (Å²) in [4.78, 5) is 11.5. The van der Waals surface area contributed by atoms with E-state index >= 15 is 0 Å². The summed E-state index contributed by atoms with van der Waals surface area (Å²) in [5, 5.41) is 0. The molecule has 5 saturated carbocycles. The average Bonchev–Trinajstić information content (AvgIpc) is 3.43. The van der Waals surface area contributed by atoms with Crippen molar-refractivity contribution in [2.75, 3.05) is 13.3 Å². The molecule has 2 atom stereocenters. The van der Waals surface area contributed by atoms with E-state index in [-0.39, 0.29) is 23.1 Å². The summed E-state index contributed by atoms with van der Waals surface area (Å²) in [5.74, 6) is 0.738. The molecule has 2 unspecified atom stereocenters. The Hall–Kier alpha value is -1.65. The maximum atomic E-state index is 14.3. The Kier molecular flexibility index (Phi) is 3.83. The van der Waals surface area contributed by atoms with Crippen LogP contribution >= 0.6 is 0 Å². The third kappa shape index (κ3) is 2.94. The van der Waals surface area contributed by atoms with Gasteiger partial charge in [0.1, 0.15) is 11.6 Å². The number of alkyl halides is 1. The number of primary amides is 1. The van der Waals surface area contributed by atoms with E-state index in [4.69, 9.17) is 10.5 Å². The highest BCUT2D eigenvalue weighted by Gasteiger charge is 2.58. The number of rotatable bonds is 6. The molecule has 5 heteroatoms. The SMILES string of the molecule is NC(=O)c1cc(C2CC2)c(OCC23CC4CC(CC(CF)(C4)C2)C3)cc1F. The Labute approximate surface area is 158 Å². The van der Waals surface area contributed by atoms with Gasteiger partial charge in [0.15, 0.2) is 0 Å². The molecule has 0 heterocycles. The lowest BCUT2D eigenvalue weighted by Gasteiger charge is -2.61. The number of carbonyl (C=O) groups is 1. The number of carbonyl (C=O) groups excluding carboxylic acids is 1. The lowest BCUT2D eigenvalue weighted by molar-refractivity contribution is -0.132. The molecule has 5 aliphatic carbocycles. The topological polar surface area (TPSA) is 52.3 Å². The highest BCUT2D eigenvalue weighted by molar-refractivity contribution is 5.93. The van der Waals surface area contributed by atoms with E-state index in [2.05, 4.69) is 0 Å². The number of hydrogen-bond acceptors (Lipinski definition) is 2. The van der Waals surface area contributed by atoms with Gasteiger partial charge in [0.25, 0.3) is 5.91 Å². The van der Waals surface area contributed by atoms with E-state index in [0.717, 1.165) is 50.5 Å². The zero-order valence-electron chi connectivity index (χ0n) is 15.6. The van der Waals surface area contributed by atoms with Gasteiger partial charge in [-0.15, -0.1) is 0 Å². The zero-order chi connectivity index (χ0) is 18.8. The van der Waals surface area contributed by atoms with Gasteiger partial charge in [0.05, 0.1) is 18.8 Å². The summed E-state index contributed by atoms with van der Waals surface area (Å²) in [6.07, 6.45) is 8.44. The summed E-state index contributed by atoms with van der Waals surface area (Å²) >= 11 is 0. The smallest absolute Gasteiger partial charge is 0.251 e. The molecular weight excluding hydrogens is 348 g/mol. The van der Waals surface area contributed by atoms with Crippen molar-refractivity contribution in [2.24, 2.45) is 28.4 Å². The molecule has 27 heavy (non-hydrogen) atoms. The first-order chi connectivity index (χ1) is 12.9. The molecule has 3 nitrogen and oxygen atoms in total. The van der Waals surface area contributed by atoms with Gasteiger partial charge in [0.2, 0.25) is 0 Å². The lowest BCUT2D eigenvalue weighted by atomic mass is 9.44. The minimum Gasteiger partial charge on any atom is -0.493 e. The van der Waals surface area contributed by atoms with Gasteiger partial charge >= 0.3 is 0 Å². The van der Waals surface area contributed by atoms with E-state index < -0.39 is 11.7 Å². The van der Waals surface area contributed by atoms with Gasteiger partial charge in [-0.2, -0.15) is 0 Å². The quantitative estimate of drug-likeness (QED) is 0.781. The van der Waals surface area contributed by atoms with Crippen LogP contribution in [-0.4, -0.2) is 19.2 Å². The summed E-state index contributed by atoms with van der Waals surface area (Å²) in [7, 11) is 0. The first-order valence-corrected chi connectivity index (χ1v) is 10.2. The van der Waals surface area contributed by atoms with Gasteiger partial charge < -0.3 is 10.5 Å². The van der Waals surface area contributed by atoms with Crippen LogP contribution in [0.3, 0.4) is 0 Å². The molecule has 1 amide bonds. The standard InChI is InChI=1S/C22H27F2NO2/c23-11-21-6-13-3-14(7-21)9-22(8-13,10-21)12-27-19-5-18(24)17(20(25)26)4-16(19)15-1-2-15/h4-5,13-15H,1-3,6-12H2,(H2,25,26). The molecule has 4 bridgehead atoms. The lowest BCUT2D eigenvalue weighted by Crippen LogP contribution is -2.54. The van der Waals surface area contributed by atoms with Crippen LogP contribution in [0, 0.1) is 28.5 Å². The Morgan fingerprint density at radius 3 is 2.41 bits per heavy atom. The number of ether oxygens (including phenoxy) is 1. The van der Waals surface area contributed by atoms with E-state index in [1.165, 1.54) is 12.5 Å². The maximum Gasteiger partial charge on any atom is 0.251 e. The van der Waals surface area contributed by atoms with Crippen LogP contribution in [0.25, 0.3) is 0 Å². The van der Waals surface area contributed by atoms with Crippen LogP contribution in [0.2, 0.25) is 0 Å². The molecule has 1 aromatic carbocycles. The van der Waals surface area contributed by atoms with Crippen molar-refractivity contribution in [3.05, 3.63) is 29.1 Å². The van der Waals surface area contributed by atoms with Crippen molar-refractivity contribution in [3.63, 3.8) is 0 Å². The summed E-state index contributed by atoms with van der Waals surface area (Å²) in [5.41, 5.74) is 6.02. The fraction of sp³-hybridized carbons (Fsp3) is 0.682. The number of hydrogen-bond donors (Lipinski definition) is 1. The summed E-state index contributed by atoms with van der Waals surface area (Å²) < 4.78 is 34.4. The number of amides is 1. The van der Waals surface area contributed by atoms with Crippen molar-refractivity contribution < 1.29 is 18.3 Å². The Bertz CT molecular complexity index is 775. The molecule has 2 N–H and O–H groups in total. The van der Waals surface area contributed by atoms with Crippen molar-refractivity contribution in [1.29, 1.82) is 0 Å². The fourth-order valence-corrected chi connectivity index (χ4v) is 6.80. The van der Waals surface area contributed by atoms with Gasteiger partial charge in [-0.3, -0.25) is 9.18 Å². The zero-order valence-corrected chi connectivity index (χ0v) is 15.6. The third-order valence-corrected chi connectivity index (χ3v) is 7.50. The van der Waals surface area contributed by atoms with Gasteiger partial charge in [-0.05, 0) is 86.2 Å². The second kappa shape index (κ2) is 5.92. The third-order valence-electron chi connectivity index (χ3n) is 7.50. The second-order valence-electron chi connectivity index (χ2n) is 9.89. The maximum absolute atomic E-state index is 14.3. The molecule has 0 saturated heterocycles. The molecule has 0 aromatic heterocycles. The van der Waals surface area contributed by atoms with Gasteiger partial charge in [0, 0.05) is 11.5 Å². The highest BCUT2D eigenvalue weighted by Crippen LogP contribution is 2.65. The predicted octanol–water partition coefficient (Wildman–Crippen LogP) is 4.74. The summed E-state index contributed by atoms with van der Waals surface area (Å²) in [6.45, 7) is 0.299. The molecule has 0 aliphatic heterocycles. The van der Waals surface area contributed by atoms with Crippen LogP contribution in [0.4, 0.5) is 8.78 Å². The highest BCUT2D eigenvalue weighted by atomic mass is 19.1. The van der Waals surface area contributed by atoms with Crippen LogP contribution in [0.5, 0.6) is 5.75 Å². The molecule has 5 fully saturated rings. The van der Waals surface area contributed by atoms with E-state index in [0.29, 0.717) is 30.1 Å². The number of nitrogens with two attached hydrogens (primary N) is 1. The van der Waals surface area contributed by atoms with Crippen molar-refractivity contribution in [3.8, 4) is 5.75 Å².